The lowest BCUT2D eigenvalue weighted by Gasteiger charge is -2.22. The number of likely N-dealkylation sites (N-methyl/N-ethyl adjacent to an activating group) is 1. The van der Waals surface area contributed by atoms with Crippen molar-refractivity contribution in [1.29, 1.82) is 0 Å². The van der Waals surface area contributed by atoms with E-state index in [9.17, 15) is 0 Å². The molecule has 5 nitrogen and oxygen atoms in total. The van der Waals surface area contributed by atoms with Gasteiger partial charge in [-0.3, -0.25) is 0 Å². The van der Waals surface area contributed by atoms with Crippen molar-refractivity contribution in [3.05, 3.63) is 6.07 Å². The van der Waals surface area contributed by atoms with Crippen LogP contribution in [0.15, 0.2) is 11.2 Å². The lowest BCUT2D eigenvalue weighted by atomic mass is 10.4. The van der Waals surface area contributed by atoms with Gasteiger partial charge in [-0.2, -0.15) is 0 Å². The summed E-state index contributed by atoms with van der Waals surface area (Å²) in [7, 11) is 0. The Labute approximate surface area is 126 Å². The third-order valence-corrected chi connectivity index (χ3v) is 3.39. The van der Waals surface area contributed by atoms with E-state index in [0.29, 0.717) is 0 Å². The second-order valence-corrected chi connectivity index (χ2v) is 5.07. The Bertz CT molecular complexity index is 389. The number of aromatic nitrogens is 2. The first-order chi connectivity index (χ1) is 9.74. The van der Waals surface area contributed by atoms with E-state index in [1.165, 1.54) is 0 Å². The van der Waals surface area contributed by atoms with E-state index in [-0.39, 0.29) is 0 Å². The Morgan fingerprint density at radius 3 is 2.70 bits per heavy atom. The molecule has 0 amide bonds. The largest absolute Gasteiger partial charge is 0.380 e. The van der Waals surface area contributed by atoms with Gasteiger partial charge >= 0.3 is 0 Å². The number of anilines is 2. The van der Waals surface area contributed by atoms with Gasteiger partial charge in [-0.25, -0.2) is 9.97 Å². The number of hydrogen-bond acceptors (Lipinski definition) is 6. The third kappa shape index (κ3) is 5.54. The van der Waals surface area contributed by atoms with Gasteiger partial charge in [-0.05, 0) is 26.5 Å². The normalized spacial score (nSPS) is 10.6. The Balaban J connectivity index is 2.83. The number of nitrogens with one attached hydrogen (secondary N) is 1. The molecule has 0 bridgehead atoms. The minimum absolute atomic E-state index is 0.723. The second-order valence-electron chi connectivity index (χ2n) is 4.30. The topological polar surface area (TPSA) is 50.3 Å². The smallest absolute Gasteiger partial charge is 0.191 e. The van der Waals surface area contributed by atoms with Gasteiger partial charge < -0.3 is 15.0 Å². The standard InChI is InChI=1S/C14H26N4OS/c1-5-8-15-12-11-13(17-14(16-12)20-4)18(6-2)9-10-19-7-3/h11H,5-10H2,1-4H3,(H,15,16,17). The number of rotatable bonds is 10. The van der Waals surface area contributed by atoms with Crippen LogP contribution in [0.5, 0.6) is 0 Å². The van der Waals surface area contributed by atoms with E-state index in [2.05, 4.69) is 34.0 Å². The predicted octanol–water partition coefficient (Wildman–Crippen LogP) is 2.88. The third-order valence-electron chi connectivity index (χ3n) is 2.85. The van der Waals surface area contributed by atoms with Gasteiger partial charge in [0, 0.05) is 32.3 Å². The molecule has 1 aromatic heterocycles. The molecule has 6 heteroatoms. The Morgan fingerprint density at radius 1 is 1.30 bits per heavy atom. The van der Waals surface area contributed by atoms with Crippen molar-refractivity contribution in [2.75, 3.05) is 49.3 Å². The van der Waals surface area contributed by atoms with E-state index in [1.54, 1.807) is 11.8 Å². The average molecular weight is 298 g/mol. The first kappa shape index (κ1) is 17.0. The van der Waals surface area contributed by atoms with Crippen LogP contribution < -0.4 is 10.2 Å². The maximum atomic E-state index is 5.43. The molecule has 114 valence electrons. The molecule has 0 fully saturated rings. The summed E-state index contributed by atoms with van der Waals surface area (Å²) in [6.07, 6.45) is 3.08. The molecule has 0 aliphatic heterocycles. The van der Waals surface area contributed by atoms with Crippen LogP contribution >= 0.6 is 11.8 Å². The summed E-state index contributed by atoms with van der Waals surface area (Å²) in [4.78, 5) is 11.3. The maximum Gasteiger partial charge on any atom is 0.191 e. The molecule has 0 aliphatic rings. The SMILES string of the molecule is CCCNc1cc(N(CC)CCOCC)nc(SC)n1. The molecule has 0 spiro atoms. The zero-order valence-corrected chi connectivity index (χ0v) is 13.8. The highest BCUT2D eigenvalue weighted by molar-refractivity contribution is 7.98. The molecule has 0 atom stereocenters. The molecule has 20 heavy (non-hydrogen) atoms. The summed E-state index contributed by atoms with van der Waals surface area (Å²) in [5, 5.41) is 4.14. The van der Waals surface area contributed by atoms with Crippen LogP contribution in [0.4, 0.5) is 11.6 Å². The van der Waals surface area contributed by atoms with Crippen molar-refractivity contribution in [2.24, 2.45) is 0 Å². The first-order valence-corrected chi connectivity index (χ1v) is 8.47. The summed E-state index contributed by atoms with van der Waals surface area (Å²) < 4.78 is 5.43. The molecule has 0 aromatic carbocycles. The fourth-order valence-corrected chi connectivity index (χ4v) is 2.14. The molecule has 0 aliphatic carbocycles. The van der Waals surface area contributed by atoms with Crippen LogP contribution in [0.25, 0.3) is 0 Å². The highest BCUT2D eigenvalue weighted by Crippen LogP contribution is 2.20. The van der Waals surface area contributed by atoms with Crippen molar-refractivity contribution >= 4 is 23.4 Å². The van der Waals surface area contributed by atoms with Gasteiger partial charge in [0.2, 0.25) is 0 Å². The van der Waals surface area contributed by atoms with Gasteiger partial charge in [0.1, 0.15) is 11.6 Å². The lowest BCUT2D eigenvalue weighted by Crippen LogP contribution is -2.28. The summed E-state index contributed by atoms with van der Waals surface area (Å²) in [6, 6.07) is 2.02. The molecular formula is C14H26N4OS. The minimum Gasteiger partial charge on any atom is -0.380 e. The van der Waals surface area contributed by atoms with E-state index in [1.807, 2.05) is 19.2 Å². The molecule has 1 heterocycles. The van der Waals surface area contributed by atoms with Crippen LogP contribution in [0, 0.1) is 0 Å². The monoisotopic (exact) mass is 298 g/mol. The zero-order valence-electron chi connectivity index (χ0n) is 13.0. The number of nitrogens with zero attached hydrogens (tertiary/aromatic N) is 3. The Hall–Kier alpha value is -1.01. The minimum atomic E-state index is 0.723. The van der Waals surface area contributed by atoms with Gasteiger partial charge in [-0.15, -0.1) is 0 Å². The highest BCUT2D eigenvalue weighted by Gasteiger charge is 2.10. The van der Waals surface area contributed by atoms with Crippen molar-refractivity contribution < 1.29 is 4.74 Å². The zero-order chi connectivity index (χ0) is 14.8. The summed E-state index contributed by atoms with van der Waals surface area (Å²) in [5.41, 5.74) is 0. The van der Waals surface area contributed by atoms with Crippen LogP contribution in [-0.2, 0) is 4.74 Å². The van der Waals surface area contributed by atoms with Crippen molar-refractivity contribution in [2.45, 2.75) is 32.3 Å². The van der Waals surface area contributed by atoms with Crippen molar-refractivity contribution in [3.8, 4) is 0 Å². The lowest BCUT2D eigenvalue weighted by molar-refractivity contribution is 0.154. The van der Waals surface area contributed by atoms with E-state index in [4.69, 9.17) is 4.74 Å². The van der Waals surface area contributed by atoms with Crippen LogP contribution in [0.1, 0.15) is 27.2 Å². The van der Waals surface area contributed by atoms with E-state index >= 15 is 0 Å². The predicted molar refractivity (Wildman–Crippen MR) is 87.0 cm³/mol. The number of ether oxygens (including phenoxy) is 1. The molecule has 1 rings (SSSR count). The number of hydrogen-bond donors (Lipinski definition) is 1. The summed E-state index contributed by atoms with van der Waals surface area (Å²) in [6.45, 7) is 10.4. The molecule has 0 saturated heterocycles. The van der Waals surface area contributed by atoms with Gasteiger partial charge in [0.25, 0.3) is 0 Å². The molecule has 0 radical (unpaired) electrons. The fraction of sp³-hybridized carbons (Fsp3) is 0.714. The van der Waals surface area contributed by atoms with Crippen LogP contribution in [-0.4, -0.2) is 49.1 Å². The fourth-order valence-electron chi connectivity index (χ4n) is 1.76. The first-order valence-electron chi connectivity index (χ1n) is 7.24. The van der Waals surface area contributed by atoms with Gasteiger partial charge in [0.15, 0.2) is 5.16 Å². The van der Waals surface area contributed by atoms with Crippen molar-refractivity contribution in [3.63, 3.8) is 0 Å². The quantitative estimate of drug-likeness (QED) is 0.407. The van der Waals surface area contributed by atoms with E-state index in [0.717, 1.165) is 56.1 Å². The second kappa shape index (κ2) is 9.83. The van der Waals surface area contributed by atoms with Crippen LogP contribution in [0.2, 0.25) is 0 Å². The van der Waals surface area contributed by atoms with Crippen LogP contribution in [0.3, 0.4) is 0 Å². The number of thioether (sulfide) groups is 1. The average Bonchev–Trinajstić information content (AvgIpc) is 2.49. The molecular weight excluding hydrogens is 272 g/mol. The molecule has 1 N–H and O–H groups in total. The van der Waals surface area contributed by atoms with Crippen molar-refractivity contribution in [1.82, 2.24) is 9.97 Å². The van der Waals surface area contributed by atoms with Gasteiger partial charge in [0.05, 0.1) is 6.61 Å². The molecule has 1 aromatic rings. The maximum absolute atomic E-state index is 5.43. The summed E-state index contributed by atoms with van der Waals surface area (Å²) in [5.74, 6) is 1.86. The Kier molecular flexibility index (Phi) is 8.37. The Morgan fingerprint density at radius 2 is 2.10 bits per heavy atom. The van der Waals surface area contributed by atoms with Gasteiger partial charge in [-0.1, -0.05) is 18.7 Å². The van der Waals surface area contributed by atoms with E-state index < -0.39 is 0 Å². The molecule has 0 saturated carbocycles. The molecule has 0 unspecified atom stereocenters. The highest BCUT2D eigenvalue weighted by atomic mass is 32.2. The summed E-state index contributed by atoms with van der Waals surface area (Å²) >= 11 is 1.57.